The van der Waals surface area contributed by atoms with Crippen LogP contribution >= 0.6 is 0 Å². The Balaban J connectivity index is 3.66. The summed E-state index contributed by atoms with van der Waals surface area (Å²) < 4.78 is 5.37. The fraction of sp³-hybridized carbons (Fsp3) is 0.897. The van der Waals surface area contributed by atoms with Crippen molar-refractivity contribution in [3.8, 4) is 0 Å². The first-order chi connectivity index (χ1) is 14.8. The Bertz CT molecular complexity index is 438. The molecule has 0 aromatic heterocycles. The molecule has 2 nitrogen and oxygen atoms in total. The molecule has 0 saturated heterocycles. The first-order valence-electron chi connectivity index (χ1n) is 13.7. The molecule has 0 radical (unpaired) electrons. The lowest BCUT2D eigenvalue weighted by Gasteiger charge is -2.15. The maximum atomic E-state index is 11.8. The number of carbonyl (C=O) groups excluding carboxylic acids is 1. The summed E-state index contributed by atoms with van der Waals surface area (Å²) in [7, 11) is 0. The van der Waals surface area contributed by atoms with Crippen molar-refractivity contribution < 1.29 is 9.53 Å². The molecule has 0 heterocycles. The van der Waals surface area contributed by atoms with E-state index in [2.05, 4.69) is 47.6 Å². The van der Waals surface area contributed by atoms with Crippen molar-refractivity contribution in [3.63, 3.8) is 0 Å². The van der Waals surface area contributed by atoms with Crippen LogP contribution in [0.5, 0.6) is 0 Å². The van der Waals surface area contributed by atoms with Crippen LogP contribution in [0.3, 0.4) is 0 Å². The van der Waals surface area contributed by atoms with E-state index in [9.17, 15) is 4.79 Å². The zero-order chi connectivity index (χ0) is 23.3. The molecule has 0 unspecified atom stereocenters. The van der Waals surface area contributed by atoms with Gasteiger partial charge >= 0.3 is 5.97 Å². The minimum Gasteiger partial charge on any atom is -0.461 e. The lowest BCUT2D eigenvalue weighted by atomic mass is 9.91. The van der Waals surface area contributed by atoms with Gasteiger partial charge in [0.1, 0.15) is 6.61 Å². The first-order valence-corrected chi connectivity index (χ1v) is 13.7. The van der Waals surface area contributed by atoms with Gasteiger partial charge in [0.25, 0.3) is 0 Å². The predicted octanol–water partition coefficient (Wildman–Crippen LogP) is 9.67. The number of hydrogen-bond donors (Lipinski definition) is 0. The van der Waals surface area contributed by atoms with E-state index in [1.165, 1.54) is 82.6 Å². The van der Waals surface area contributed by atoms with E-state index in [4.69, 9.17) is 4.74 Å². The standard InChI is InChI=1S/C29H56O2/c1-7-8-9-10-11-12-22-29(30)31-24-23-28(6)21-15-20-27(5)19-14-18-26(4)17-13-16-25(2)3/h23,25-27H,7-22,24H2,1-6H3/b28-23+/t26-,27-/m1/s1. The number of unbranched alkanes of at least 4 members (excludes halogenated alkanes) is 5. The van der Waals surface area contributed by atoms with E-state index in [0.29, 0.717) is 13.0 Å². The Hall–Kier alpha value is -0.790. The molecular formula is C29H56O2. The van der Waals surface area contributed by atoms with Crippen LogP contribution in [0.25, 0.3) is 0 Å². The molecule has 0 amide bonds. The highest BCUT2D eigenvalue weighted by molar-refractivity contribution is 5.69. The van der Waals surface area contributed by atoms with E-state index < -0.39 is 0 Å². The van der Waals surface area contributed by atoms with Gasteiger partial charge in [-0.25, -0.2) is 0 Å². The van der Waals surface area contributed by atoms with E-state index in [-0.39, 0.29) is 5.97 Å². The van der Waals surface area contributed by atoms with Crippen molar-refractivity contribution in [3.05, 3.63) is 11.6 Å². The van der Waals surface area contributed by atoms with Gasteiger partial charge in [0.15, 0.2) is 0 Å². The van der Waals surface area contributed by atoms with Gasteiger partial charge in [-0.05, 0) is 50.0 Å². The normalized spacial score (nSPS) is 14.1. The molecule has 0 aromatic carbocycles. The molecule has 0 aliphatic carbocycles. The average Bonchev–Trinajstić information content (AvgIpc) is 2.70. The van der Waals surface area contributed by atoms with Gasteiger partial charge < -0.3 is 4.74 Å². The Kier molecular flexibility index (Phi) is 20.5. The second-order valence-electron chi connectivity index (χ2n) is 10.6. The molecule has 0 aromatic rings. The Morgan fingerprint density at radius 1 is 0.710 bits per heavy atom. The van der Waals surface area contributed by atoms with Gasteiger partial charge in [0.2, 0.25) is 0 Å². The van der Waals surface area contributed by atoms with Crippen LogP contribution in [-0.2, 0) is 9.53 Å². The highest BCUT2D eigenvalue weighted by Gasteiger charge is 2.07. The summed E-state index contributed by atoms with van der Waals surface area (Å²) in [6.07, 6.45) is 21.9. The number of rotatable bonds is 21. The number of carbonyl (C=O) groups is 1. The summed E-state index contributed by atoms with van der Waals surface area (Å²) in [6, 6.07) is 0. The van der Waals surface area contributed by atoms with E-state index in [1.54, 1.807) is 0 Å². The summed E-state index contributed by atoms with van der Waals surface area (Å²) >= 11 is 0. The van der Waals surface area contributed by atoms with Crippen LogP contribution in [0, 0.1) is 17.8 Å². The SMILES string of the molecule is CCCCCCCCC(=O)OC/C=C(\C)CCC[C@H](C)CCC[C@H](C)CCCC(C)C. The Morgan fingerprint density at radius 3 is 1.87 bits per heavy atom. The molecule has 31 heavy (non-hydrogen) atoms. The highest BCUT2D eigenvalue weighted by Crippen LogP contribution is 2.22. The van der Waals surface area contributed by atoms with Gasteiger partial charge in [-0.3, -0.25) is 4.79 Å². The molecule has 0 fully saturated rings. The molecule has 0 aliphatic heterocycles. The third-order valence-corrected chi connectivity index (χ3v) is 6.55. The average molecular weight is 437 g/mol. The molecule has 2 atom stereocenters. The molecule has 0 rings (SSSR count). The summed E-state index contributed by atoms with van der Waals surface area (Å²) in [6.45, 7) is 14.3. The number of hydrogen-bond acceptors (Lipinski definition) is 2. The van der Waals surface area contributed by atoms with E-state index in [0.717, 1.165) is 37.0 Å². The maximum absolute atomic E-state index is 11.8. The van der Waals surface area contributed by atoms with Crippen LogP contribution in [0.15, 0.2) is 11.6 Å². The summed E-state index contributed by atoms with van der Waals surface area (Å²) in [5.41, 5.74) is 1.36. The van der Waals surface area contributed by atoms with Crippen LogP contribution in [-0.4, -0.2) is 12.6 Å². The molecule has 0 spiro atoms. The van der Waals surface area contributed by atoms with Crippen LogP contribution in [0.2, 0.25) is 0 Å². The van der Waals surface area contributed by atoms with Crippen molar-refractivity contribution in [2.45, 2.75) is 144 Å². The van der Waals surface area contributed by atoms with Crippen molar-refractivity contribution in [1.29, 1.82) is 0 Å². The third-order valence-electron chi connectivity index (χ3n) is 6.55. The minimum atomic E-state index is -0.0356. The molecule has 0 bridgehead atoms. The number of allylic oxidation sites excluding steroid dienone is 1. The summed E-state index contributed by atoms with van der Waals surface area (Å²) in [4.78, 5) is 11.8. The monoisotopic (exact) mass is 436 g/mol. The molecular weight excluding hydrogens is 380 g/mol. The van der Waals surface area contributed by atoms with E-state index >= 15 is 0 Å². The number of esters is 1. The molecule has 2 heteroatoms. The zero-order valence-corrected chi connectivity index (χ0v) is 22.1. The topological polar surface area (TPSA) is 26.3 Å². The molecule has 0 aliphatic rings. The quantitative estimate of drug-likeness (QED) is 0.102. The molecule has 0 N–H and O–H groups in total. The zero-order valence-electron chi connectivity index (χ0n) is 22.1. The maximum Gasteiger partial charge on any atom is 0.306 e. The van der Waals surface area contributed by atoms with Crippen molar-refractivity contribution in [2.24, 2.45) is 17.8 Å². The van der Waals surface area contributed by atoms with Crippen molar-refractivity contribution in [2.75, 3.05) is 6.61 Å². The highest BCUT2D eigenvalue weighted by atomic mass is 16.5. The molecule has 0 saturated carbocycles. The van der Waals surface area contributed by atoms with Gasteiger partial charge in [0, 0.05) is 6.42 Å². The smallest absolute Gasteiger partial charge is 0.306 e. The van der Waals surface area contributed by atoms with Gasteiger partial charge in [0.05, 0.1) is 0 Å². The number of ether oxygens (including phenoxy) is 1. The lowest BCUT2D eigenvalue weighted by Crippen LogP contribution is -2.04. The van der Waals surface area contributed by atoms with Crippen molar-refractivity contribution >= 4 is 5.97 Å². The van der Waals surface area contributed by atoms with Crippen LogP contribution < -0.4 is 0 Å². The fourth-order valence-corrected chi connectivity index (χ4v) is 4.21. The first kappa shape index (κ1) is 30.2. The Morgan fingerprint density at radius 2 is 1.26 bits per heavy atom. The summed E-state index contributed by atoms with van der Waals surface area (Å²) in [5, 5.41) is 0. The lowest BCUT2D eigenvalue weighted by molar-refractivity contribution is -0.142. The third kappa shape index (κ3) is 22.2. The van der Waals surface area contributed by atoms with Crippen LogP contribution in [0.1, 0.15) is 144 Å². The minimum absolute atomic E-state index is 0.0356. The molecule has 184 valence electrons. The second kappa shape index (κ2) is 21.1. The second-order valence-corrected chi connectivity index (χ2v) is 10.6. The van der Waals surface area contributed by atoms with Gasteiger partial charge in [-0.2, -0.15) is 0 Å². The van der Waals surface area contributed by atoms with Crippen LogP contribution in [0.4, 0.5) is 0 Å². The van der Waals surface area contributed by atoms with Crippen molar-refractivity contribution in [1.82, 2.24) is 0 Å². The Labute approximate surface area is 196 Å². The van der Waals surface area contributed by atoms with Gasteiger partial charge in [-0.15, -0.1) is 0 Å². The largest absolute Gasteiger partial charge is 0.461 e. The van der Waals surface area contributed by atoms with E-state index in [1.807, 2.05) is 0 Å². The fourth-order valence-electron chi connectivity index (χ4n) is 4.21. The summed E-state index contributed by atoms with van der Waals surface area (Å²) in [5.74, 6) is 2.53. The predicted molar refractivity (Wildman–Crippen MR) is 137 cm³/mol. The van der Waals surface area contributed by atoms with Gasteiger partial charge in [-0.1, -0.05) is 117 Å².